The van der Waals surface area contributed by atoms with Crippen molar-refractivity contribution in [2.45, 2.75) is 38.0 Å². The highest BCUT2D eigenvalue weighted by Gasteiger charge is 2.40. The Morgan fingerprint density at radius 3 is 2.23 bits per heavy atom. The third-order valence-electron chi connectivity index (χ3n) is 5.46. The average Bonchev–Trinajstić information content (AvgIpc) is 3.32. The predicted octanol–water partition coefficient (Wildman–Crippen LogP) is 2.92. The Morgan fingerprint density at radius 1 is 1.03 bits per heavy atom. The van der Waals surface area contributed by atoms with E-state index in [0.717, 1.165) is 60.2 Å². The molecule has 0 unspecified atom stereocenters. The molecule has 2 aromatic heterocycles. The number of aromatic amines is 1. The maximum Gasteiger partial charge on any atom is 0.336 e. The van der Waals surface area contributed by atoms with Crippen LogP contribution >= 0.6 is 11.6 Å². The van der Waals surface area contributed by atoms with E-state index < -0.39 is 36.4 Å². The maximum absolute atomic E-state index is 10.3. The molecule has 1 aromatic carbocycles. The standard InChI is InChI=1S/C20H23ClN4O.C6H8O7/c1-26-12-4-11-25(15-19-5-2-3-10-22-19)14-17-13-23-24-20(17)16-6-8-18(21)9-7-16;7-3(8)1-6(13,5(11)12)2-4(9)10/h2-3,5-10,13H,4,11-12,14-15H2,1H3,(H,23,24);13H,1-2H2,(H,7,8)(H,9,10)(H,11,12). The van der Waals surface area contributed by atoms with Crippen LogP contribution in [0.3, 0.4) is 0 Å². The zero-order valence-electron chi connectivity index (χ0n) is 21.3. The molecule has 0 aliphatic heterocycles. The summed E-state index contributed by atoms with van der Waals surface area (Å²) in [6.07, 6.45) is 2.41. The van der Waals surface area contributed by atoms with Crippen LogP contribution in [0.4, 0.5) is 0 Å². The van der Waals surface area contributed by atoms with Crippen molar-refractivity contribution in [3.8, 4) is 11.3 Å². The van der Waals surface area contributed by atoms with Gasteiger partial charge < -0.3 is 25.2 Å². The van der Waals surface area contributed by atoms with Crippen LogP contribution in [0.2, 0.25) is 5.02 Å². The lowest BCUT2D eigenvalue weighted by Crippen LogP contribution is -2.42. The number of benzene rings is 1. The molecule has 12 nitrogen and oxygen atoms in total. The lowest BCUT2D eigenvalue weighted by Gasteiger charge is -2.22. The third kappa shape index (κ3) is 10.8. The van der Waals surface area contributed by atoms with E-state index in [0.29, 0.717) is 0 Å². The third-order valence-corrected chi connectivity index (χ3v) is 5.72. The molecule has 39 heavy (non-hydrogen) atoms. The van der Waals surface area contributed by atoms with Crippen LogP contribution in [0, 0.1) is 0 Å². The number of ether oxygens (including phenoxy) is 1. The number of nitrogens with one attached hydrogen (secondary N) is 1. The molecule has 0 aliphatic carbocycles. The zero-order valence-corrected chi connectivity index (χ0v) is 22.0. The number of H-pyrrole nitrogens is 1. The molecule has 0 radical (unpaired) electrons. The van der Waals surface area contributed by atoms with Gasteiger partial charge in [0.1, 0.15) is 0 Å². The number of hydrogen-bond donors (Lipinski definition) is 5. The molecule has 0 amide bonds. The molecular formula is C26H31ClN4O8. The number of pyridine rings is 1. The van der Waals surface area contributed by atoms with Gasteiger partial charge in [0, 0.05) is 50.1 Å². The van der Waals surface area contributed by atoms with Crippen LogP contribution in [0.15, 0.2) is 54.9 Å². The van der Waals surface area contributed by atoms with Gasteiger partial charge in [0.05, 0.1) is 30.4 Å². The number of rotatable bonds is 14. The first-order valence-electron chi connectivity index (χ1n) is 11.8. The summed E-state index contributed by atoms with van der Waals surface area (Å²) in [5.41, 5.74) is 1.58. The van der Waals surface area contributed by atoms with E-state index in [2.05, 4.69) is 26.1 Å². The number of carboxylic acid groups (broad SMARTS) is 3. The summed E-state index contributed by atoms with van der Waals surface area (Å²) in [7, 11) is 1.73. The molecule has 0 aliphatic rings. The first-order valence-corrected chi connectivity index (χ1v) is 12.2. The van der Waals surface area contributed by atoms with Crippen molar-refractivity contribution in [2.75, 3.05) is 20.3 Å². The number of carbonyl (C=O) groups is 3. The highest BCUT2D eigenvalue weighted by Crippen LogP contribution is 2.24. The summed E-state index contributed by atoms with van der Waals surface area (Å²) in [4.78, 5) is 37.3. The van der Waals surface area contributed by atoms with E-state index in [1.165, 1.54) is 0 Å². The van der Waals surface area contributed by atoms with Crippen molar-refractivity contribution in [2.24, 2.45) is 0 Å². The molecule has 13 heteroatoms. The van der Waals surface area contributed by atoms with Gasteiger partial charge in [0.15, 0.2) is 5.60 Å². The summed E-state index contributed by atoms with van der Waals surface area (Å²) in [6.45, 7) is 3.24. The Bertz CT molecular complexity index is 1190. The highest BCUT2D eigenvalue weighted by molar-refractivity contribution is 6.30. The lowest BCUT2D eigenvalue weighted by atomic mass is 9.96. The number of aliphatic carboxylic acids is 3. The Hall–Kier alpha value is -3.84. The fourth-order valence-corrected chi connectivity index (χ4v) is 3.75. The predicted molar refractivity (Wildman–Crippen MR) is 141 cm³/mol. The minimum absolute atomic E-state index is 0.728. The van der Waals surface area contributed by atoms with Gasteiger partial charge in [-0.15, -0.1) is 0 Å². The molecular weight excluding hydrogens is 532 g/mol. The van der Waals surface area contributed by atoms with Crippen LogP contribution in [0.1, 0.15) is 30.5 Å². The Morgan fingerprint density at radius 2 is 1.69 bits per heavy atom. The highest BCUT2D eigenvalue weighted by atomic mass is 35.5. The second kappa shape index (κ2) is 15.5. The van der Waals surface area contributed by atoms with E-state index in [4.69, 9.17) is 36.8 Å². The molecule has 0 saturated heterocycles. The molecule has 2 heterocycles. The average molecular weight is 563 g/mol. The SMILES string of the molecule is COCCCN(Cc1ccccn1)Cc1cn[nH]c1-c1ccc(Cl)cc1.O=C(O)CC(O)(CC(=O)O)C(=O)O. The van der Waals surface area contributed by atoms with Crippen molar-refractivity contribution in [1.82, 2.24) is 20.1 Å². The van der Waals surface area contributed by atoms with E-state index >= 15 is 0 Å². The van der Waals surface area contributed by atoms with E-state index in [9.17, 15) is 14.4 Å². The van der Waals surface area contributed by atoms with Crippen LogP contribution in [0.5, 0.6) is 0 Å². The molecule has 0 bridgehead atoms. The van der Waals surface area contributed by atoms with Crippen LogP contribution in [0.25, 0.3) is 11.3 Å². The van der Waals surface area contributed by atoms with Gasteiger partial charge in [-0.25, -0.2) is 4.79 Å². The van der Waals surface area contributed by atoms with Crippen molar-refractivity contribution in [3.05, 3.63) is 71.1 Å². The van der Waals surface area contributed by atoms with Crippen LogP contribution in [-0.4, -0.2) is 84.3 Å². The number of hydrogen-bond acceptors (Lipinski definition) is 8. The minimum atomic E-state index is -2.74. The molecule has 3 rings (SSSR count). The number of aliphatic hydroxyl groups is 1. The number of aromatic nitrogens is 3. The normalized spacial score (nSPS) is 11.1. The van der Waals surface area contributed by atoms with Gasteiger partial charge in [-0.2, -0.15) is 5.10 Å². The maximum atomic E-state index is 10.3. The molecule has 0 saturated carbocycles. The van der Waals surface area contributed by atoms with Crippen molar-refractivity contribution in [1.29, 1.82) is 0 Å². The van der Waals surface area contributed by atoms with Crippen molar-refractivity contribution >= 4 is 29.5 Å². The number of methoxy groups -OCH3 is 1. The summed E-state index contributed by atoms with van der Waals surface area (Å²) in [5.74, 6) is -5.02. The van der Waals surface area contributed by atoms with Crippen molar-refractivity contribution in [3.63, 3.8) is 0 Å². The quantitative estimate of drug-likeness (QED) is 0.182. The second-order valence-electron chi connectivity index (χ2n) is 8.63. The first-order chi connectivity index (χ1) is 18.5. The fourth-order valence-electron chi connectivity index (χ4n) is 3.62. The van der Waals surface area contributed by atoms with Gasteiger partial charge >= 0.3 is 17.9 Å². The summed E-state index contributed by atoms with van der Waals surface area (Å²) < 4.78 is 5.21. The van der Waals surface area contributed by atoms with Gasteiger partial charge in [-0.3, -0.25) is 24.6 Å². The van der Waals surface area contributed by atoms with Crippen LogP contribution in [-0.2, 0) is 32.2 Å². The topological polar surface area (TPSA) is 186 Å². The number of halogens is 1. The van der Waals surface area contributed by atoms with Gasteiger partial charge in [-0.1, -0.05) is 29.8 Å². The summed E-state index contributed by atoms with van der Waals surface area (Å²) in [5, 5.41) is 41.9. The van der Waals surface area contributed by atoms with Crippen LogP contribution < -0.4 is 0 Å². The Labute approximate surface area is 229 Å². The van der Waals surface area contributed by atoms with E-state index in [1.54, 1.807) is 7.11 Å². The van der Waals surface area contributed by atoms with Gasteiger partial charge in [0.2, 0.25) is 0 Å². The van der Waals surface area contributed by atoms with E-state index in [-0.39, 0.29) is 0 Å². The molecule has 0 atom stereocenters. The summed E-state index contributed by atoms with van der Waals surface area (Å²) >= 11 is 6.01. The molecule has 210 valence electrons. The summed E-state index contributed by atoms with van der Waals surface area (Å²) in [6, 6.07) is 13.8. The first kappa shape index (κ1) is 31.4. The number of carboxylic acids is 3. The second-order valence-corrected chi connectivity index (χ2v) is 9.07. The number of nitrogens with zero attached hydrogens (tertiary/aromatic N) is 3. The molecule has 0 fully saturated rings. The molecule has 0 spiro atoms. The molecule has 3 aromatic rings. The monoisotopic (exact) mass is 562 g/mol. The van der Waals surface area contributed by atoms with E-state index in [1.807, 2.05) is 48.8 Å². The zero-order chi connectivity index (χ0) is 28.8. The molecule has 5 N–H and O–H groups in total. The van der Waals surface area contributed by atoms with Gasteiger partial charge in [0.25, 0.3) is 0 Å². The largest absolute Gasteiger partial charge is 0.481 e. The Kier molecular flexibility index (Phi) is 12.5. The Balaban J connectivity index is 0.000000349. The lowest BCUT2D eigenvalue weighted by molar-refractivity contribution is -0.170. The minimum Gasteiger partial charge on any atom is -0.481 e. The smallest absolute Gasteiger partial charge is 0.336 e. The van der Waals surface area contributed by atoms with Gasteiger partial charge in [-0.05, 0) is 36.2 Å². The fraction of sp³-hybridized carbons (Fsp3) is 0.346. The van der Waals surface area contributed by atoms with Crippen molar-refractivity contribution < 1.29 is 39.5 Å².